The van der Waals surface area contributed by atoms with Crippen molar-refractivity contribution in [2.75, 3.05) is 19.8 Å². The largest absolute Gasteiger partial charge is 0.299 e. The van der Waals surface area contributed by atoms with Gasteiger partial charge < -0.3 is 0 Å². The number of Topliss-reactive ketones (excluding diaryl/α,β-unsaturated/α-hetero) is 1. The highest BCUT2D eigenvalue weighted by Crippen LogP contribution is 2.18. The summed E-state index contributed by atoms with van der Waals surface area (Å²) in [5.41, 5.74) is 0. The lowest BCUT2D eigenvalue weighted by atomic mass is 9.90. The van der Waals surface area contributed by atoms with Gasteiger partial charge in [0, 0.05) is 5.92 Å². The quantitative estimate of drug-likeness (QED) is 0.649. The third-order valence-electron chi connectivity index (χ3n) is 3.00. The smallest absolute Gasteiger partial charge is 0.266 e. The molecule has 0 aromatic heterocycles. The van der Waals surface area contributed by atoms with E-state index in [2.05, 4.69) is 0 Å². The predicted molar refractivity (Wildman–Crippen MR) is 72.2 cm³/mol. The van der Waals surface area contributed by atoms with Gasteiger partial charge in [0.2, 0.25) is 0 Å². The molecule has 5 nitrogen and oxygen atoms in total. The van der Waals surface area contributed by atoms with E-state index in [4.69, 9.17) is 4.55 Å². The first-order chi connectivity index (χ1) is 8.22. The molecule has 0 saturated heterocycles. The van der Waals surface area contributed by atoms with E-state index >= 15 is 0 Å². The number of carbonyl (C=O) groups is 1. The van der Waals surface area contributed by atoms with E-state index in [1.807, 2.05) is 13.8 Å². The topological polar surface area (TPSA) is 74.7 Å². The van der Waals surface area contributed by atoms with Gasteiger partial charge in [-0.3, -0.25) is 14.2 Å². The Morgan fingerprint density at radius 3 is 1.89 bits per heavy atom. The van der Waals surface area contributed by atoms with Crippen LogP contribution in [0.4, 0.5) is 0 Å². The normalized spacial score (nSPS) is 14.2. The van der Waals surface area contributed by atoms with Crippen molar-refractivity contribution >= 4 is 15.9 Å². The lowest BCUT2D eigenvalue weighted by molar-refractivity contribution is -0.127. The maximum absolute atomic E-state index is 12.3. The number of nitrogens with zero attached hydrogens (tertiary/aromatic N) is 1. The first-order valence-corrected chi connectivity index (χ1v) is 7.99. The summed E-state index contributed by atoms with van der Waals surface area (Å²) in [6.45, 7) is 4.01. The van der Waals surface area contributed by atoms with Crippen LogP contribution in [0.3, 0.4) is 0 Å². The van der Waals surface area contributed by atoms with Gasteiger partial charge in [-0.2, -0.15) is 8.42 Å². The van der Waals surface area contributed by atoms with E-state index < -0.39 is 21.9 Å². The van der Waals surface area contributed by atoms with Crippen LogP contribution in [0.1, 0.15) is 39.5 Å². The third-order valence-corrected chi connectivity index (χ3v) is 3.73. The van der Waals surface area contributed by atoms with Crippen molar-refractivity contribution in [2.24, 2.45) is 5.92 Å². The van der Waals surface area contributed by atoms with Crippen LogP contribution >= 0.6 is 0 Å². The van der Waals surface area contributed by atoms with Crippen molar-refractivity contribution < 1.29 is 17.8 Å². The molecule has 0 aliphatic carbocycles. The van der Waals surface area contributed by atoms with Crippen LogP contribution in [0, 0.1) is 5.92 Å². The minimum Gasteiger partial charge on any atom is -0.299 e. The van der Waals surface area contributed by atoms with Crippen molar-refractivity contribution in [3.63, 3.8) is 0 Å². The minimum atomic E-state index is -4.14. The molecule has 0 radical (unpaired) electrons. The summed E-state index contributed by atoms with van der Waals surface area (Å²) in [6, 6.07) is -0.761. The van der Waals surface area contributed by atoms with Crippen LogP contribution in [0.25, 0.3) is 0 Å². The monoisotopic (exact) mass is 279 g/mol. The van der Waals surface area contributed by atoms with E-state index in [0.717, 1.165) is 25.7 Å². The molecule has 0 aliphatic heterocycles. The number of ketones is 1. The second-order valence-corrected chi connectivity index (χ2v) is 6.40. The highest BCUT2D eigenvalue weighted by molar-refractivity contribution is 7.85. The van der Waals surface area contributed by atoms with Gasteiger partial charge in [0.1, 0.15) is 0 Å². The molecule has 1 N–H and O–H groups in total. The van der Waals surface area contributed by atoms with Gasteiger partial charge in [-0.1, -0.05) is 26.7 Å². The van der Waals surface area contributed by atoms with Gasteiger partial charge in [0.25, 0.3) is 10.1 Å². The summed E-state index contributed by atoms with van der Waals surface area (Å²) < 4.78 is 30.9. The van der Waals surface area contributed by atoms with Gasteiger partial charge in [0.05, 0.1) is 11.8 Å². The van der Waals surface area contributed by atoms with Gasteiger partial charge in [-0.25, -0.2) is 0 Å². The first kappa shape index (κ1) is 17.5. The Morgan fingerprint density at radius 1 is 1.17 bits per heavy atom. The van der Waals surface area contributed by atoms with E-state index in [1.54, 1.807) is 19.0 Å². The van der Waals surface area contributed by atoms with E-state index in [9.17, 15) is 13.2 Å². The SMILES string of the molecule is CCCC(CCC)C(=O)C(CS(=O)(=O)O)N(C)C. The summed E-state index contributed by atoms with van der Waals surface area (Å²) in [6.07, 6.45) is 3.32. The average molecular weight is 279 g/mol. The molecule has 0 aliphatic rings. The van der Waals surface area contributed by atoms with Crippen molar-refractivity contribution in [1.29, 1.82) is 0 Å². The lowest BCUT2D eigenvalue weighted by Gasteiger charge is -2.26. The van der Waals surface area contributed by atoms with Gasteiger partial charge >= 0.3 is 0 Å². The second kappa shape index (κ2) is 7.86. The molecule has 0 aromatic carbocycles. The molecule has 0 saturated carbocycles. The fourth-order valence-electron chi connectivity index (χ4n) is 2.08. The number of hydrogen-bond acceptors (Lipinski definition) is 4. The molecule has 6 heteroatoms. The zero-order valence-corrected chi connectivity index (χ0v) is 12.5. The fraction of sp³-hybridized carbons (Fsp3) is 0.917. The Balaban J connectivity index is 4.92. The molecule has 0 bridgehead atoms. The molecular weight excluding hydrogens is 254 g/mol. The molecular formula is C12H25NO4S. The summed E-state index contributed by atoms with van der Waals surface area (Å²) in [5, 5.41) is 0. The summed E-state index contributed by atoms with van der Waals surface area (Å²) >= 11 is 0. The fourth-order valence-corrected chi connectivity index (χ4v) is 2.94. The maximum atomic E-state index is 12.3. The zero-order chi connectivity index (χ0) is 14.3. The molecule has 1 atom stereocenters. The van der Waals surface area contributed by atoms with Crippen molar-refractivity contribution in [3.8, 4) is 0 Å². The Bertz CT molecular complexity index is 345. The minimum absolute atomic E-state index is 0.0821. The standard InChI is InChI=1S/C12H25NO4S/c1-5-7-10(8-6-2)12(14)11(13(3)4)9-18(15,16)17/h10-11H,5-9H2,1-4H3,(H,15,16,17). The van der Waals surface area contributed by atoms with Crippen molar-refractivity contribution in [1.82, 2.24) is 4.90 Å². The Kier molecular flexibility index (Phi) is 7.66. The van der Waals surface area contributed by atoms with Crippen LogP contribution in [0.15, 0.2) is 0 Å². The van der Waals surface area contributed by atoms with Gasteiger partial charge in [-0.15, -0.1) is 0 Å². The molecule has 0 amide bonds. The van der Waals surface area contributed by atoms with E-state index in [-0.39, 0.29) is 11.7 Å². The highest BCUT2D eigenvalue weighted by atomic mass is 32.2. The number of hydrogen-bond donors (Lipinski definition) is 1. The summed E-state index contributed by atoms with van der Waals surface area (Å²) in [7, 11) is -0.828. The third kappa shape index (κ3) is 6.47. The van der Waals surface area contributed by atoms with Crippen molar-refractivity contribution in [3.05, 3.63) is 0 Å². The van der Waals surface area contributed by atoms with Gasteiger partial charge in [0.15, 0.2) is 5.78 Å². The number of carbonyl (C=O) groups excluding carboxylic acids is 1. The first-order valence-electron chi connectivity index (χ1n) is 6.38. The average Bonchev–Trinajstić information content (AvgIpc) is 2.23. The molecule has 108 valence electrons. The molecule has 1 unspecified atom stereocenters. The number of likely N-dealkylation sites (N-methyl/N-ethyl adjacent to an activating group) is 1. The Hall–Kier alpha value is -0.460. The lowest BCUT2D eigenvalue weighted by Crippen LogP contribution is -2.44. The summed E-state index contributed by atoms with van der Waals surface area (Å²) in [5.74, 6) is -0.724. The van der Waals surface area contributed by atoms with Crippen LogP contribution in [-0.2, 0) is 14.9 Å². The number of rotatable bonds is 9. The molecule has 0 aromatic rings. The summed E-state index contributed by atoms with van der Waals surface area (Å²) in [4.78, 5) is 13.9. The maximum Gasteiger partial charge on any atom is 0.266 e. The predicted octanol–water partition coefficient (Wildman–Crippen LogP) is 1.59. The zero-order valence-electron chi connectivity index (χ0n) is 11.7. The molecule has 0 fully saturated rings. The van der Waals surface area contributed by atoms with E-state index in [0.29, 0.717) is 0 Å². The Morgan fingerprint density at radius 2 is 1.61 bits per heavy atom. The van der Waals surface area contributed by atoms with Crippen LogP contribution in [0.2, 0.25) is 0 Å². The molecule has 0 spiro atoms. The second-order valence-electron chi connectivity index (χ2n) is 4.90. The van der Waals surface area contributed by atoms with Crippen LogP contribution in [-0.4, -0.2) is 49.5 Å². The van der Waals surface area contributed by atoms with E-state index in [1.165, 1.54) is 0 Å². The van der Waals surface area contributed by atoms with Gasteiger partial charge in [-0.05, 0) is 26.9 Å². The molecule has 0 heterocycles. The van der Waals surface area contributed by atoms with Crippen LogP contribution in [0.5, 0.6) is 0 Å². The van der Waals surface area contributed by atoms with Crippen LogP contribution < -0.4 is 0 Å². The molecule has 18 heavy (non-hydrogen) atoms. The highest BCUT2D eigenvalue weighted by Gasteiger charge is 2.30. The van der Waals surface area contributed by atoms with Crippen molar-refractivity contribution in [2.45, 2.75) is 45.6 Å². The Labute approximate surface area is 110 Å². The molecule has 0 rings (SSSR count).